The largest absolute Gasteiger partial charge is 0.387 e. The van der Waals surface area contributed by atoms with Crippen molar-refractivity contribution in [2.45, 2.75) is 12.6 Å². The molecule has 2 N–H and O–H groups in total. The molecule has 7 heteroatoms. The van der Waals surface area contributed by atoms with Gasteiger partial charge >= 0.3 is 0 Å². The Balaban J connectivity index is 1.65. The molecule has 1 unspecified atom stereocenters. The summed E-state index contributed by atoms with van der Waals surface area (Å²) in [5.41, 5.74) is 1.11. The second kappa shape index (κ2) is 6.11. The molecular formula is C14H13ClFN3OS. The van der Waals surface area contributed by atoms with Crippen LogP contribution in [0.1, 0.15) is 17.4 Å². The maximum atomic E-state index is 13.5. The highest BCUT2D eigenvalue weighted by Crippen LogP contribution is 2.21. The topological polar surface area (TPSA) is 49.6 Å². The van der Waals surface area contributed by atoms with Crippen LogP contribution in [0.2, 0.25) is 5.15 Å². The molecule has 1 aromatic carbocycles. The van der Waals surface area contributed by atoms with E-state index in [1.165, 1.54) is 17.4 Å². The highest BCUT2D eigenvalue weighted by molar-refractivity contribution is 7.15. The zero-order valence-corrected chi connectivity index (χ0v) is 12.5. The number of nitrogens with zero attached hydrogens (tertiary/aromatic N) is 2. The number of aliphatic hydroxyl groups excluding tert-OH is 1. The van der Waals surface area contributed by atoms with Crippen molar-refractivity contribution in [3.05, 3.63) is 58.1 Å². The lowest BCUT2D eigenvalue weighted by atomic mass is 10.1. The Bertz CT molecular complexity index is 758. The van der Waals surface area contributed by atoms with E-state index in [0.29, 0.717) is 11.7 Å². The van der Waals surface area contributed by atoms with Crippen LogP contribution in [-0.4, -0.2) is 21.0 Å². The molecule has 21 heavy (non-hydrogen) atoms. The van der Waals surface area contributed by atoms with Crippen molar-refractivity contribution in [2.24, 2.45) is 0 Å². The maximum absolute atomic E-state index is 13.5. The van der Waals surface area contributed by atoms with Gasteiger partial charge in [-0.1, -0.05) is 29.8 Å². The average molecular weight is 326 g/mol. The predicted molar refractivity (Wildman–Crippen MR) is 81.1 cm³/mol. The summed E-state index contributed by atoms with van der Waals surface area (Å²) in [5, 5.41) is 15.5. The molecule has 3 aromatic rings. The van der Waals surface area contributed by atoms with E-state index in [4.69, 9.17) is 11.6 Å². The van der Waals surface area contributed by atoms with Crippen LogP contribution < -0.4 is 5.32 Å². The van der Waals surface area contributed by atoms with E-state index in [2.05, 4.69) is 10.3 Å². The van der Waals surface area contributed by atoms with Gasteiger partial charge in [-0.05, 0) is 6.07 Å². The van der Waals surface area contributed by atoms with Crippen molar-refractivity contribution >= 4 is 27.9 Å². The number of hydrogen-bond acceptors (Lipinski definition) is 4. The third-order valence-corrected chi connectivity index (χ3v) is 4.27. The van der Waals surface area contributed by atoms with E-state index < -0.39 is 11.9 Å². The SMILES string of the molecule is OC(CNCc1c(Cl)nc2sccn12)c1ccccc1F. The Morgan fingerprint density at radius 2 is 2.24 bits per heavy atom. The van der Waals surface area contributed by atoms with Crippen LogP contribution in [0.15, 0.2) is 35.8 Å². The summed E-state index contributed by atoms with van der Waals surface area (Å²) in [4.78, 5) is 5.05. The molecule has 0 bridgehead atoms. The van der Waals surface area contributed by atoms with Gasteiger partial charge < -0.3 is 10.4 Å². The van der Waals surface area contributed by atoms with Crippen LogP contribution in [0.3, 0.4) is 0 Å². The first-order valence-corrected chi connectivity index (χ1v) is 7.65. The number of nitrogens with one attached hydrogen (secondary N) is 1. The monoisotopic (exact) mass is 325 g/mol. The normalized spacial score (nSPS) is 12.9. The number of aromatic nitrogens is 2. The molecule has 0 aliphatic carbocycles. The fourth-order valence-corrected chi connectivity index (χ4v) is 3.17. The number of halogens is 2. The highest BCUT2D eigenvalue weighted by Gasteiger charge is 2.14. The molecule has 0 fully saturated rings. The quantitative estimate of drug-likeness (QED) is 0.758. The van der Waals surface area contributed by atoms with E-state index in [9.17, 15) is 9.50 Å². The second-order valence-electron chi connectivity index (χ2n) is 4.57. The minimum atomic E-state index is -0.907. The van der Waals surface area contributed by atoms with E-state index >= 15 is 0 Å². The Morgan fingerprint density at radius 1 is 1.43 bits per heavy atom. The molecule has 2 heterocycles. The molecule has 0 aliphatic rings. The summed E-state index contributed by atoms with van der Waals surface area (Å²) in [5.74, 6) is -0.408. The molecule has 1 atom stereocenters. The number of imidazole rings is 1. The average Bonchev–Trinajstić information content (AvgIpc) is 3.01. The molecular weight excluding hydrogens is 313 g/mol. The number of rotatable bonds is 5. The Kier molecular flexibility index (Phi) is 4.21. The molecule has 0 spiro atoms. The first kappa shape index (κ1) is 14.5. The molecule has 0 saturated heterocycles. The van der Waals surface area contributed by atoms with Crippen LogP contribution >= 0.6 is 22.9 Å². The van der Waals surface area contributed by atoms with Gasteiger partial charge in [-0.25, -0.2) is 9.37 Å². The fourth-order valence-electron chi connectivity index (χ4n) is 2.15. The number of aliphatic hydroxyl groups is 1. The first-order valence-electron chi connectivity index (χ1n) is 6.40. The molecule has 0 saturated carbocycles. The van der Waals surface area contributed by atoms with Crippen molar-refractivity contribution in [3.63, 3.8) is 0 Å². The van der Waals surface area contributed by atoms with Gasteiger partial charge in [0, 0.05) is 30.2 Å². The third-order valence-electron chi connectivity index (χ3n) is 3.21. The van der Waals surface area contributed by atoms with E-state index in [1.807, 2.05) is 16.0 Å². The number of benzene rings is 1. The maximum Gasteiger partial charge on any atom is 0.195 e. The van der Waals surface area contributed by atoms with E-state index in [0.717, 1.165) is 10.7 Å². The zero-order chi connectivity index (χ0) is 14.8. The van der Waals surface area contributed by atoms with Crippen LogP contribution in [0, 0.1) is 5.82 Å². The van der Waals surface area contributed by atoms with Gasteiger partial charge in [-0.3, -0.25) is 4.40 Å². The van der Waals surface area contributed by atoms with Gasteiger partial charge in [0.2, 0.25) is 0 Å². The molecule has 0 radical (unpaired) electrons. The minimum absolute atomic E-state index is 0.231. The highest BCUT2D eigenvalue weighted by atomic mass is 35.5. The van der Waals surface area contributed by atoms with Crippen molar-refractivity contribution in [1.29, 1.82) is 0 Å². The Morgan fingerprint density at radius 3 is 3.05 bits per heavy atom. The van der Waals surface area contributed by atoms with Crippen molar-refractivity contribution in [2.75, 3.05) is 6.54 Å². The van der Waals surface area contributed by atoms with Gasteiger partial charge in [0.25, 0.3) is 0 Å². The molecule has 3 rings (SSSR count). The number of fused-ring (bicyclic) bond motifs is 1. The smallest absolute Gasteiger partial charge is 0.195 e. The summed E-state index contributed by atoms with van der Waals surface area (Å²) >= 11 is 7.58. The number of hydrogen-bond donors (Lipinski definition) is 2. The summed E-state index contributed by atoms with van der Waals surface area (Å²) < 4.78 is 15.4. The Labute approximate surface area is 129 Å². The van der Waals surface area contributed by atoms with Crippen LogP contribution in [-0.2, 0) is 6.54 Å². The third kappa shape index (κ3) is 2.94. The lowest BCUT2D eigenvalue weighted by molar-refractivity contribution is 0.169. The molecule has 110 valence electrons. The second-order valence-corrected chi connectivity index (χ2v) is 5.80. The molecule has 0 amide bonds. The lowest BCUT2D eigenvalue weighted by Gasteiger charge is -2.12. The standard InChI is InChI=1S/C14H13ClFN3OS/c15-13-11(19-5-6-21-14(19)18-13)7-17-8-12(20)9-3-1-2-4-10(9)16/h1-6,12,17,20H,7-8H2. The van der Waals surface area contributed by atoms with Gasteiger partial charge in [-0.15, -0.1) is 11.3 Å². The molecule has 2 aromatic heterocycles. The van der Waals surface area contributed by atoms with Gasteiger partial charge in [0.1, 0.15) is 5.82 Å². The summed E-state index contributed by atoms with van der Waals surface area (Å²) in [6.07, 6.45) is 0.985. The van der Waals surface area contributed by atoms with Crippen LogP contribution in [0.25, 0.3) is 4.96 Å². The van der Waals surface area contributed by atoms with Crippen molar-refractivity contribution in [1.82, 2.24) is 14.7 Å². The van der Waals surface area contributed by atoms with Gasteiger partial charge in [0.05, 0.1) is 11.8 Å². The first-order chi connectivity index (χ1) is 10.2. The van der Waals surface area contributed by atoms with E-state index in [-0.39, 0.29) is 12.1 Å². The van der Waals surface area contributed by atoms with E-state index in [1.54, 1.807) is 18.2 Å². The fraction of sp³-hybridized carbons (Fsp3) is 0.214. The number of thiazole rings is 1. The van der Waals surface area contributed by atoms with Crippen molar-refractivity contribution < 1.29 is 9.50 Å². The van der Waals surface area contributed by atoms with Gasteiger partial charge in [-0.2, -0.15) is 0 Å². The zero-order valence-electron chi connectivity index (χ0n) is 11.0. The molecule has 0 aliphatic heterocycles. The van der Waals surface area contributed by atoms with Crippen molar-refractivity contribution in [3.8, 4) is 0 Å². The van der Waals surface area contributed by atoms with Gasteiger partial charge in [0.15, 0.2) is 10.1 Å². The summed E-state index contributed by atoms with van der Waals surface area (Å²) in [6, 6.07) is 6.20. The Hall–Kier alpha value is -1.47. The molecule has 4 nitrogen and oxygen atoms in total. The minimum Gasteiger partial charge on any atom is -0.387 e. The van der Waals surface area contributed by atoms with Crippen LogP contribution in [0.4, 0.5) is 4.39 Å². The van der Waals surface area contributed by atoms with Crippen LogP contribution in [0.5, 0.6) is 0 Å². The predicted octanol–water partition coefficient (Wildman–Crippen LogP) is 3.01. The summed E-state index contributed by atoms with van der Waals surface area (Å²) in [6.45, 7) is 0.677. The lowest BCUT2D eigenvalue weighted by Crippen LogP contribution is -2.22. The summed E-state index contributed by atoms with van der Waals surface area (Å²) in [7, 11) is 0.